The molecule has 0 aliphatic heterocycles. The van der Waals surface area contributed by atoms with Crippen LogP contribution in [-0.2, 0) is 12.0 Å². The van der Waals surface area contributed by atoms with Gasteiger partial charge < -0.3 is 11.1 Å². The second kappa shape index (κ2) is 4.87. The third kappa shape index (κ3) is 3.21. The molecular weight excluding hydrogens is 240 g/mol. The van der Waals surface area contributed by atoms with Gasteiger partial charge in [-0.3, -0.25) is 5.10 Å². The van der Waals surface area contributed by atoms with Gasteiger partial charge in [-0.05, 0) is 13.0 Å². The molecular formula is C13H20N6. The molecule has 0 aliphatic rings. The number of nitrogen functional groups attached to an aromatic ring is 1. The van der Waals surface area contributed by atoms with Gasteiger partial charge in [0.2, 0.25) is 5.95 Å². The van der Waals surface area contributed by atoms with E-state index in [4.69, 9.17) is 5.73 Å². The third-order valence-corrected chi connectivity index (χ3v) is 2.84. The lowest BCUT2D eigenvalue weighted by atomic mass is 9.92. The Hall–Kier alpha value is -2.11. The van der Waals surface area contributed by atoms with Gasteiger partial charge >= 0.3 is 0 Å². The predicted octanol–water partition coefficient (Wildman–Crippen LogP) is 2.00. The fourth-order valence-electron chi connectivity index (χ4n) is 1.65. The van der Waals surface area contributed by atoms with Gasteiger partial charge in [0.15, 0.2) is 0 Å². The van der Waals surface area contributed by atoms with Gasteiger partial charge in [0.1, 0.15) is 5.82 Å². The molecule has 0 bridgehead atoms. The van der Waals surface area contributed by atoms with E-state index >= 15 is 0 Å². The van der Waals surface area contributed by atoms with Crippen molar-refractivity contribution in [2.24, 2.45) is 0 Å². The second-order valence-corrected chi connectivity index (χ2v) is 5.64. The summed E-state index contributed by atoms with van der Waals surface area (Å²) in [5.74, 6) is 1.02. The number of H-pyrrole nitrogens is 1. The Morgan fingerprint density at radius 3 is 2.74 bits per heavy atom. The van der Waals surface area contributed by atoms with Crippen molar-refractivity contribution in [3.63, 3.8) is 0 Å². The largest absolute Gasteiger partial charge is 0.368 e. The van der Waals surface area contributed by atoms with E-state index in [-0.39, 0.29) is 11.4 Å². The van der Waals surface area contributed by atoms with Crippen molar-refractivity contribution in [2.45, 2.75) is 39.7 Å². The first-order valence-electron chi connectivity index (χ1n) is 6.24. The molecule has 102 valence electrons. The average Bonchev–Trinajstić information content (AvgIpc) is 2.79. The summed E-state index contributed by atoms with van der Waals surface area (Å²) in [4.78, 5) is 8.10. The molecule has 0 saturated heterocycles. The maximum absolute atomic E-state index is 5.58. The second-order valence-electron chi connectivity index (χ2n) is 5.64. The molecule has 0 saturated carbocycles. The Morgan fingerprint density at radius 1 is 1.37 bits per heavy atom. The van der Waals surface area contributed by atoms with Gasteiger partial charge in [-0.2, -0.15) is 10.1 Å². The quantitative estimate of drug-likeness (QED) is 0.785. The highest BCUT2D eigenvalue weighted by Crippen LogP contribution is 2.20. The maximum Gasteiger partial charge on any atom is 0.221 e. The first kappa shape index (κ1) is 13.3. The Balaban J connectivity index is 2.06. The zero-order valence-electron chi connectivity index (χ0n) is 11.8. The fraction of sp³-hybridized carbons (Fsp3) is 0.462. The minimum absolute atomic E-state index is 0.0456. The van der Waals surface area contributed by atoms with Gasteiger partial charge in [-0.15, -0.1) is 0 Å². The molecule has 19 heavy (non-hydrogen) atoms. The molecule has 0 amide bonds. The zero-order chi connectivity index (χ0) is 14.0. The van der Waals surface area contributed by atoms with Crippen molar-refractivity contribution in [2.75, 3.05) is 11.1 Å². The lowest BCUT2D eigenvalue weighted by Crippen LogP contribution is -2.11. The van der Waals surface area contributed by atoms with E-state index in [1.54, 1.807) is 6.20 Å². The molecule has 6 nitrogen and oxygen atoms in total. The van der Waals surface area contributed by atoms with Crippen LogP contribution in [0.4, 0.5) is 11.8 Å². The lowest BCUT2D eigenvalue weighted by Gasteiger charge is -2.13. The van der Waals surface area contributed by atoms with Gasteiger partial charge in [-0.1, -0.05) is 20.8 Å². The zero-order valence-corrected chi connectivity index (χ0v) is 11.8. The summed E-state index contributed by atoms with van der Waals surface area (Å²) < 4.78 is 0. The number of hydrogen-bond donors (Lipinski definition) is 3. The van der Waals surface area contributed by atoms with Crippen molar-refractivity contribution >= 4 is 11.8 Å². The van der Waals surface area contributed by atoms with Crippen molar-refractivity contribution < 1.29 is 0 Å². The van der Waals surface area contributed by atoms with Crippen LogP contribution in [0.2, 0.25) is 0 Å². The van der Waals surface area contributed by atoms with Crippen molar-refractivity contribution in [1.82, 2.24) is 20.2 Å². The Bertz CT molecular complexity index is 567. The minimum atomic E-state index is 0.0456. The number of nitrogens with two attached hydrogens (primary N) is 1. The van der Waals surface area contributed by atoms with Gasteiger partial charge in [0.25, 0.3) is 0 Å². The Morgan fingerprint density at radius 2 is 2.11 bits per heavy atom. The van der Waals surface area contributed by atoms with E-state index in [9.17, 15) is 0 Å². The highest BCUT2D eigenvalue weighted by atomic mass is 15.1. The van der Waals surface area contributed by atoms with E-state index in [2.05, 4.69) is 52.3 Å². The molecule has 0 fully saturated rings. The first-order valence-corrected chi connectivity index (χ1v) is 6.24. The summed E-state index contributed by atoms with van der Waals surface area (Å²) in [6, 6.07) is 2.06. The molecule has 0 radical (unpaired) electrons. The van der Waals surface area contributed by atoms with Crippen LogP contribution >= 0.6 is 0 Å². The summed E-state index contributed by atoms with van der Waals surface area (Å²) in [6.45, 7) is 8.97. The molecule has 6 heteroatoms. The van der Waals surface area contributed by atoms with Crippen LogP contribution in [0.1, 0.15) is 37.7 Å². The van der Waals surface area contributed by atoms with Gasteiger partial charge in [0, 0.05) is 17.2 Å². The van der Waals surface area contributed by atoms with Crippen LogP contribution in [0, 0.1) is 6.92 Å². The molecule has 4 N–H and O–H groups in total. The number of hydrogen-bond acceptors (Lipinski definition) is 5. The topological polar surface area (TPSA) is 92.5 Å². The number of rotatable bonds is 3. The summed E-state index contributed by atoms with van der Waals surface area (Å²) in [5.41, 5.74) is 8.64. The van der Waals surface area contributed by atoms with Crippen LogP contribution in [0.5, 0.6) is 0 Å². The predicted molar refractivity (Wildman–Crippen MR) is 75.8 cm³/mol. The van der Waals surface area contributed by atoms with E-state index in [1.165, 1.54) is 0 Å². The summed E-state index contributed by atoms with van der Waals surface area (Å²) >= 11 is 0. The fourth-order valence-corrected chi connectivity index (χ4v) is 1.65. The number of aromatic nitrogens is 4. The SMILES string of the molecule is Cc1cnc(N)nc1NCc1cc(C(C)(C)C)n[nH]1. The van der Waals surface area contributed by atoms with Crippen LogP contribution in [-0.4, -0.2) is 20.2 Å². The first-order chi connectivity index (χ1) is 8.86. The molecule has 0 aromatic carbocycles. The van der Waals surface area contributed by atoms with Gasteiger partial charge in [-0.25, -0.2) is 4.98 Å². The van der Waals surface area contributed by atoms with E-state index < -0.39 is 0 Å². The highest BCUT2D eigenvalue weighted by Gasteiger charge is 2.17. The number of nitrogens with one attached hydrogen (secondary N) is 2. The maximum atomic E-state index is 5.58. The van der Waals surface area contributed by atoms with E-state index in [0.29, 0.717) is 6.54 Å². The molecule has 2 aromatic rings. The standard InChI is InChI=1S/C13H20N6/c1-8-6-16-12(14)17-11(8)15-7-9-5-10(19-18-9)13(2,3)4/h5-6H,7H2,1-4H3,(H,18,19)(H3,14,15,16,17). The molecule has 0 atom stereocenters. The Kier molecular flexibility index (Phi) is 3.42. The summed E-state index contributed by atoms with van der Waals surface area (Å²) in [7, 11) is 0. The number of nitrogens with zero attached hydrogens (tertiary/aromatic N) is 3. The van der Waals surface area contributed by atoms with Crippen molar-refractivity contribution in [1.29, 1.82) is 0 Å². The molecule has 2 heterocycles. The van der Waals surface area contributed by atoms with Crippen LogP contribution in [0.3, 0.4) is 0 Å². The number of aromatic amines is 1. The van der Waals surface area contributed by atoms with Crippen molar-refractivity contribution in [3.05, 3.63) is 29.2 Å². The molecule has 0 aliphatic carbocycles. The monoisotopic (exact) mass is 260 g/mol. The molecule has 2 aromatic heterocycles. The van der Waals surface area contributed by atoms with Crippen LogP contribution in [0.15, 0.2) is 12.3 Å². The van der Waals surface area contributed by atoms with Crippen LogP contribution < -0.4 is 11.1 Å². The van der Waals surface area contributed by atoms with E-state index in [0.717, 1.165) is 22.8 Å². The number of aryl methyl sites for hydroxylation is 1. The number of anilines is 2. The average molecular weight is 260 g/mol. The van der Waals surface area contributed by atoms with E-state index in [1.807, 2.05) is 6.92 Å². The molecule has 0 spiro atoms. The Labute approximate surface area is 112 Å². The van der Waals surface area contributed by atoms with Crippen LogP contribution in [0.25, 0.3) is 0 Å². The highest BCUT2D eigenvalue weighted by molar-refractivity contribution is 5.45. The smallest absolute Gasteiger partial charge is 0.221 e. The molecule has 0 unspecified atom stereocenters. The van der Waals surface area contributed by atoms with Gasteiger partial charge in [0.05, 0.1) is 17.9 Å². The van der Waals surface area contributed by atoms with Crippen molar-refractivity contribution in [3.8, 4) is 0 Å². The third-order valence-electron chi connectivity index (χ3n) is 2.84. The normalized spacial score (nSPS) is 11.6. The summed E-state index contributed by atoms with van der Waals surface area (Å²) in [5, 5.41) is 10.6. The lowest BCUT2D eigenvalue weighted by molar-refractivity contribution is 0.567. The molecule has 2 rings (SSSR count). The summed E-state index contributed by atoms with van der Waals surface area (Å²) in [6.07, 6.45) is 1.71. The minimum Gasteiger partial charge on any atom is -0.368 e.